The van der Waals surface area contributed by atoms with Crippen LogP contribution >= 0.6 is 0 Å². The minimum atomic E-state index is -4.49. The van der Waals surface area contributed by atoms with E-state index in [2.05, 4.69) is 10.6 Å². The highest BCUT2D eigenvalue weighted by molar-refractivity contribution is 5.96. The number of carbonyl (C=O) groups excluding carboxylic acids is 3. The Balaban J connectivity index is 2.48. The number of hydrogen-bond acceptors (Lipinski definition) is 4. The highest BCUT2D eigenvalue weighted by Gasteiger charge is 2.30. The first kappa shape index (κ1) is 20.5. The van der Waals surface area contributed by atoms with Crippen LogP contribution in [0, 0.1) is 0 Å². The second-order valence-corrected chi connectivity index (χ2v) is 5.18. The Bertz CT molecular complexity index is 615. The molecule has 1 unspecified atom stereocenters. The van der Waals surface area contributed by atoms with E-state index in [1.807, 2.05) is 6.92 Å². The van der Waals surface area contributed by atoms with Crippen molar-refractivity contribution in [2.75, 3.05) is 13.1 Å². The average molecular weight is 360 g/mol. The van der Waals surface area contributed by atoms with Crippen molar-refractivity contribution in [2.24, 2.45) is 0 Å². The molecule has 0 spiro atoms. The van der Waals surface area contributed by atoms with E-state index in [-0.39, 0.29) is 5.56 Å². The van der Waals surface area contributed by atoms with Crippen molar-refractivity contribution in [2.45, 2.75) is 32.5 Å². The maximum atomic E-state index is 12.4. The normalized spacial score (nSPS) is 12.2. The number of nitrogens with one attached hydrogen (secondary N) is 2. The molecule has 9 heteroatoms. The lowest BCUT2D eigenvalue weighted by atomic mass is 10.1. The first-order valence-electron chi connectivity index (χ1n) is 7.57. The first-order valence-corrected chi connectivity index (χ1v) is 7.57. The molecule has 25 heavy (non-hydrogen) atoms. The molecule has 1 aromatic carbocycles. The summed E-state index contributed by atoms with van der Waals surface area (Å²) in [6.07, 6.45) is -4.77. The molecule has 1 aromatic rings. The van der Waals surface area contributed by atoms with Crippen LogP contribution in [-0.2, 0) is 20.5 Å². The summed E-state index contributed by atoms with van der Waals surface area (Å²) >= 11 is 0. The Hall–Kier alpha value is -2.58. The minimum Gasteiger partial charge on any atom is -0.451 e. The molecule has 1 rings (SSSR count). The highest BCUT2D eigenvalue weighted by Crippen LogP contribution is 2.28. The van der Waals surface area contributed by atoms with Gasteiger partial charge >= 0.3 is 12.1 Å². The molecule has 1 atom stereocenters. The van der Waals surface area contributed by atoms with Crippen molar-refractivity contribution in [3.63, 3.8) is 0 Å². The maximum Gasteiger partial charge on any atom is 0.416 e. The van der Waals surface area contributed by atoms with Gasteiger partial charge in [0.1, 0.15) is 6.54 Å². The van der Waals surface area contributed by atoms with Crippen molar-refractivity contribution in [3.05, 3.63) is 35.4 Å². The van der Waals surface area contributed by atoms with Crippen molar-refractivity contribution < 1.29 is 32.3 Å². The molecule has 0 saturated heterocycles. The van der Waals surface area contributed by atoms with Gasteiger partial charge in [0.25, 0.3) is 11.8 Å². The summed E-state index contributed by atoms with van der Waals surface area (Å²) in [5.74, 6) is -2.02. The topological polar surface area (TPSA) is 84.5 Å². The van der Waals surface area contributed by atoms with E-state index in [1.54, 1.807) is 0 Å². The predicted octanol–water partition coefficient (Wildman–Crippen LogP) is 1.89. The molecule has 0 radical (unpaired) electrons. The molecule has 0 bridgehead atoms. The van der Waals surface area contributed by atoms with E-state index in [1.165, 1.54) is 6.92 Å². The molecule has 0 aliphatic heterocycles. The van der Waals surface area contributed by atoms with Gasteiger partial charge in [-0.05, 0) is 37.6 Å². The summed E-state index contributed by atoms with van der Waals surface area (Å²) in [5.41, 5.74) is -0.912. The zero-order chi connectivity index (χ0) is 19.0. The number of halogens is 3. The maximum absolute atomic E-state index is 12.4. The fourth-order valence-corrected chi connectivity index (χ4v) is 1.75. The van der Waals surface area contributed by atoms with E-state index in [9.17, 15) is 27.6 Å². The van der Waals surface area contributed by atoms with E-state index in [4.69, 9.17) is 4.74 Å². The number of esters is 1. The van der Waals surface area contributed by atoms with Crippen LogP contribution in [-0.4, -0.2) is 37.0 Å². The Morgan fingerprint density at radius 3 is 2.24 bits per heavy atom. The van der Waals surface area contributed by atoms with Gasteiger partial charge in [-0.2, -0.15) is 13.2 Å². The quantitative estimate of drug-likeness (QED) is 0.728. The molecule has 2 N–H and O–H groups in total. The van der Waals surface area contributed by atoms with Crippen molar-refractivity contribution in [1.29, 1.82) is 0 Å². The fourth-order valence-electron chi connectivity index (χ4n) is 1.75. The van der Waals surface area contributed by atoms with E-state index in [0.29, 0.717) is 6.54 Å². The predicted molar refractivity (Wildman–Crippen MR) is 82.6 cm³/mol. The van der Waals surface area contributed by atoms with E-state index in [0.717, 1.165) is 30.7 Å². The molecular formula is C16H19F3N2O4. The third-order valence-electron chi connectivity index (χ3n) is 3.09. The fraction of sp³-hybridized carbons (Fsp3) is 0.438. The number of amides is 2. The highest BCUT2D eigenvalue weighted by atomic mass is 19.4. The van der Waals surface area contributed by atoms with Gasteiger partial charge in [0.2, 0.25) is 0 Å². The molecule has 0 saturated carbocycles. The third-order valence-corrected chi connectivity index (χ3v) is 3.09. The number of rotatable bonds is 7. The van der Waals surface area contributed by atoms with Gasteiger partial charge in [-0.3, -0.25) is 14.4 Å². The SMILES string of the molecule is CCCNC(=O)C(C)OC(=O)CNC(=O)c1ccc(C(F)(F)F)cc1. The van der Waals surface area contributed by atoms with Gasteiger partial charge in [0, 0.05) is 12.1 Å². The van der Waals surface area contributed by atoms with Crippen LogP contribution in [0.4, 0.5) is 13.2 Å². The zero-order valence-corrected chi connectivity index (χ0v) is 13.8. The van der Waals surface area contributed by atoms with Crippen molar-refractivity contribution >= 4 is 17.8 Å². The minimum absolute atomic E-state index is 0.0328. The smallest absolute Gasteiger partial charge is 0.416 e. The summed E-state index contributed by atoms with van der Waals surface area (Å²) in [6, 6.07) is 3.55. The van der Waals surface area contributed by atoms with Crippen LogP contribution in [0.1, 0.15) is 36.2 Å². The van der Waals surface area contributed by atoms with Gasteiger partial charge in [0.05, 0.1) is 5.56 Å². The lowest BCUT2D eigenvalue weighted by Gasteiger charge is -2.13. The van der Waals surface area contributed by atoms with Gasteiger partial charge in [0.15, 0.2) is 6.10 Å². The largest absolute Gasteiger partial charge is 0.451 e. The first-order chi connectivity index (χ1) is 11.6. The number of benzene rings is 1. The molecule has 0 aliphatic rings. The number of ether oxygens (including phenoxy) is 1. The number of alkyl halides is 3. The standard InChI is InChI=1S/C16H19F3N2O4/c1-3-8-20-14(23)10(2)25-13(22)9-21-15(24)11-4-6-12(7-5-11)16(17,18)19/h4-7,10H,3,8-9H2,1-2H3,(H,20,23)(H,21,24). The number of hydrogen-bond donors (Lipinski definition) is 2. The van der Waals surface area contributed by atoms with E-state index >= 15 is 0 Å². The Kier molecular flexibility index (Phi) is 7.41. The number of carbonyl (C=O) groups is 3. The molecule has 0 aliphatic carbocycles. The molecule has 0 heterocycles. The summed E-state index contributed by atoms with van der Waals surface area (Å²) < 4.78 is 42.2. The van der Waals surface area contributed by atoms with Gasteiger partial charge in [-0.1, -0.05) is 6.92 Å². The third kappa shape index (κ3) is 6.82. The van der Waals surface area contributed by atoms with Crippen LogP contribution in [0.2, 0.25) is 0 Å². The second kappa shape index (κ2) is 9.05. The van der Waals surface area contributed by atoms with Crippen LogP contribution in [0.15, 0.2) is 24.3 Å². The van der Waals surface area contributed by atoms with Crippen LogP contribution in [0.5, 0.6) is 0 Å². The van der Waals surface area contributed by atoms with Crippen molar-refractivity contribution in [3.8, 4) is 0 Å². The Morgan fingerprint density at radius 2 is 1.72 bits per heavy atom. The molecule has 0 fully saturated rings. The molecular weight excluding hydrogens is 341 g/mol. The Morgan fingerprint density at radius 1 is 1.12 bits per heavy atom. The lowest BCUT2D eigenvalue weighted by molar-refractivity contribution is -0.153. The lowest BCUT2D eigenvalue weighted by Crippen LogP contribution is -2.39. The van der Waals surface area contributed by atoms with E-state index < -0.39 is 42.2 Å². The molecule has 138 valence electrons. The van der Waals surface area contributed by atoms with Gasteiger partial charge in [-0.15, -0.1) is 0 Å². The van der Waals surface area contributed by atoms with Crippen LogP contribution in [0.25, 0.3) is 0 Å². The second-order valence-electron chi connectivity index (χ2n) is 5.18. The monoisotopic (exact) mass is 360 g/mol. The molecule has 2 amide bonds. The molecule has 6 nitrogen and oxygen atoms in total. The zero-order valence-electron chi connectivity index (χ0n) is 13.8. The van der Waals surface area contributed by atoms with Crippen LogP contribution < -0.4 is 10.6 Å². The van der Waals surface area contributed by atoms with Gasteiger partial charge in [-0.25, -0.2) is 0 Å². The van der Waals surface area contributed by atoms with Crippen molar-refractivity contribution in [1.82, 2.24) is 10.6 Å². The van der Waals surface area contributed by atoms with Gasteiger partial charge < -0.3 is 15.4 Å². The summed E-state index contributed by atoms with van der Waals surface area (Å²) in [5, 5.41) is 4.77. The summed E-state index contributed by atoms with van der Waals surface area (Å²) in [7, 11) is 0. The summed E-state index contributed by atoms with van der Waals surface area (Å²) in [6.45, 7) is 3.20. The Labute approximate surface area is 142 Å². The van der Waals surface area contributed by atoms with Crippen LogP contribution in [0.3, 0.4) is 0 Å². The average Bonchev–Trinajstić information content (AvgIpc) is 2.56. The summed E-state index contributed by atoms with van der Waals surface area (Å²) in [4.78, 5) is 34.9. The molecule has 0 aromatic heterocycles.